The number of piperazine rings is 1. The van der Waals surface area contributed by atoms with Gasteiger partial charge in [0.05, 0.1) is 23.6 Å². The number of benzene rings is 1. The van der Waals surface area contributed by atoms with Crippen molar-refractivity contribution in [2.45, 2.75) is 19.0 Å². The van der Waals surface area contributed by atoms with E-state index in [0.29, 0.717) is 11.1 Å². The molecule has 1 N–H and O–H groups in total. The highest BCUT2D eigenvalue weighted by atomic mass is 32.2. The third kappa shape index (κ3) is 3.23. The fraction of sp³-hybridized carbons (Fsp3) is 0.529. The molecule has 2 aliphatic rings. The molecule has 0 unspecified atom stereocenters. The average Bonchev–Trinajstić information content (AvgIpc) is 2.89. The molecule has 1 aromatic rings. The van der Waals surface area contributed by atoms with Gasteiger partial charge in [-0.1, -0.05) is 6.07 Å². The minimum Gasteiger partial charge on any atom is -0.508 e. The second-order valence-corrected chi connectivity index (χ2v) is 9.24. The summed E-state index contributed by atoms with van der Waals surface area (Å²) in [6.07, 6.45) is 0. The zero-order valence-corrected chi connectivity index (χ0v) is 15.9. The van der Waals surface area contributed by atoms with E-state index in [-0.39, 0.29) is 42.3 Å². The Morgan fingerprint density at radius 3 is 2.27 bits per heavy atom. The summed E-state index contributed by atoms with van der Waals surface area (Å²) in [5.41, 5.74) is 0.966. The lowest BCUT2D eigenvalue weighted by Crippen LogP contribution is -2.63. The third-order valence-corrected chi connectivity index (χ3v) is 6.72. The number of urea groups is 1. The summed E-state index contributed by atoms with van der Waals surface area (Å²) < 4.78 is 24.4. The van der Waals surface area contributed by atoms with Crippen LogP contribution in [0.4, 0.5) is 4.79 Å². The highest BCUT2D eigenvalue weighted by molar-refractivity contribution is 7.91. The second-order valence-electron chi connectivity index (χ2n) is 7.08. The molecule has 3 amide bonds. The number of aryl methyl sites for hydroxylation is 1. The zero-order chi connectivity index (χ0) is 19.2. The van der Waals surface area contributed by atoms with Crippen LogP contribution in [0.15, 0.2) is 18.2 Å². The molecule has 3 rings (SSSR count). The minimum atomic E-state index is -3.34. The van der Waals surface area contributed by atoms with Crippen molar-refractivity contribution in [1.82, 2.24) is 14.7 Å². The summed E-state index contributed by atoms with van der Waals surface area (Å²) >= 11 is 0. The first-order valence-electron chi connectivity index (χ1n) is 8.39. The van der Waals surface area contributed by atoms with Crippen LogP contribution < -0.4 is 0 Å². The lowest BCUT2D eigenvalue weighted by molar-refractivity contribution is 0.0393. The van der Waals surface area contributed by atoms with Crippen LogP contribution in [0.5, 0.6) is 5.75 Å². The first kappa shape index (κ1) is 18.5. The van der Waals surface area contributed by atoms with Crippen molar-refractivity contribution in [1.29, 1.82) is 0 Å². The Morgan fingerprint density at radius 1 is 1.12 bits per heavy atom. The minimum absolute atomic E-state index is 0.0212. The maximum atomic E-state index is 12.9. The van der Waals surface area contributed by atoms with Crippen molar-refractivity contribution in [3.8, 4) is 5.75 Å². The molecule has 0 aromatic heterocycles. The van der Waals surface area contributed by atoms with E-state index in [0.717, 1.165) is 0 Å². The first-order chi connectivity index (χ1) is 12.1. The molecular weight excluding hydrogens is 358 g/mol. The summed E-state index contributed by atoms with van der Waals surface area (Å²) in [6, 6.07) is 3.29. The molecule has 142 valence electrons. The Hall–Kier alpha value is -2.29. The van der Waals surface area contributed by atoms with Crippen LogP contribution in [0.25, 0.3) is 0 Å². The lowest BCUT2D eigenvalue weighted by Gasteiger charge is -2.44. The number of hydrogen-bond donors (Lipinski definition) is 1. The molecule has 0 aliphatic carbocycles. The molecular formula is C17H23N3O5S. The number of phenols is 1. The number of rotatable bonds is 1. The van der Waals surface area contributed by atoms with E-state index < -0.39 is 21.9 Å². The number of carbonyl (C=O) groups excluding carboxylic acids is 2. The maximum absolute atomic E-state index is 12.9. The number of carbonyl (C=O) groups is 2. The Morgan fingerprint density at radius 2 is 1.69 bits per heavy atom. The molecule has 2 saturated heterocycles. The Bertz CT molecular complexity index is 852. The van der Waals surface area contributed by atoms with E-state index in [1.165, 1.54) is 15.9 Å². The number of fused-ring (bicyclic) bond motifs is 1. The third-order valence-electron chi connectivity index (χ3n) is 5.02. The van der Waals surface area contributed by atoms with Crippen LogP contribution in [0.1, 0.15) is 15.9 Å². The van der Waals surface area contributed by atoms with Crippen molar-refractivity contribution in [2.75, 3.05) is 38.7 Å². The molecule has 0 spiro atoms. The SMILES string of the molecule is Cc1ccc(C(=O)N2CCN(C(=O)N(C)C)[C@@H]3CS(=O)(=O)C[C@@H]32)cc1O. The normalized spacial score (nSPS) is 24.3. The van der Waals surface area contributed by atoms with E-state index in [2.05, 4.69) is 0 Å². The molecule has 2 aliphatic heterocycles. The van der Waals surface area contributed by atoms with Gasteiger partial charge in [0.1, 0.15) is 5.75 Å². The molecule has 2 fully saturated rings. The first-order valence-corrected chi connectivity index (χ1v) is 10.2. The molecule has 8 nitrogen and oxygen atoms in total. The highest BCUT2D eigenvalue weighted by Crippen LogP contribution is 2.29. The van der Waals surface area contributed by atoms with Gasteiger partial charge in [-0.25, -0.2) is 13.2 Å². The summed E-state index contributed by atoms with van der Waals surface area (Å²) in [5, 5.41) is 9.87. The number of hydrogen-bond acceptors (Lipinski definition) is 5. The number of phenolic OH excluding ortho intramolecular Hbond substituents is 1. The average molecular weight is 381 g/mol. The second kappa shape index (κ2) is 6.46. The summed E-state index contributed by atoms with van der Waals surface area (Å²) in [5.74, 6) is -0.601. The van der Waals surface area contributed by atoms with Gasteiger partial charge in [-0.15, -0.1) is 0 Å². The van der Waals surface area contributed by atoms with Gasteiger partial charge in [-0.2, -0.15) is 0 Å². The van der Waals surface area contributed by atoms with Crippen molar-refractivity contribution in [3.05, 3.63) is 29.3 Å². The molecule has 0 saturated carbocycles. The standard InChI is InChI=1S/C17H23N3O5S/c1-11-4-5-12(8-15(11)21)16(22)19-6-7-20(17(23)18(2)3)14-10-26(24,25)9-13(14)19/h4-5,8,13-14,21H,6-7,9-10H2,1-3H3/t13-,14+/m0/s1. The quantitative estimate of drug-likeness (QED) is 0.755. The zero-order valence-electron chi connectivity index (χ0n) is 15.0. The summed E-state index contributed by atoms with van der Waals surface area (Å²) in [7, 11) is -0.103. The van der Waals surface area contributed by atoms with Crippen LogP contribution in [0, 0.1) is 6.92 Å². The summed E-state index contributed by atoms with van der Waals surface area (Å²) in [6.45, 7) is 2.26. The number of nitrogens with zero attached hydrogens (tertiary/aromatic N) is 3. The van der Waals surface area contributed by atoms with Gasteiger partial charge in [0.2, 0.25) is 0 Å². The van der Waals surface area contributed by atoms with Crippen molar-refractivity contribution < 1.29 is 23.1 Å². The molecule has 0 radical (unpaired) electrons. The molecule has 9 heteroatoms. The predicted octanol–water partition coefficient (Wildman–Crippen LogP) is 0.306. The monoisotopic (exact) mass is 381 g/mol. The molecule has 26 heavy (non-hydrogen) atoms. The van der Waals surface area contributed by atoms with E-state index in [4.69, 9.17) is 0 Å². The van der Waals surface area contributed by atoms with Gasteiger partial charge >= 0.3 is 6.03 Å². The number of amides is 3. The molecule has 2 atom stereocenters. The topological polar surface area (TPSA) is 98.2 Å². The van der Waals surface area contributed by atoms with Gasteiger partial charge < -0.3 is 19.8 Å². The maximum Gasteiger partial charge on any atom is 0.319 e. The van der Waals surface area contributed by atoms with Crippen molar-refractivity contribution in [2.24, 2.45) is 0 Å². The fourth-order valence-corrected chi connectivity index (χ4v) is 5.59. The van der Waals surface area contributed by atoms with Gasteiger partial charge in [0.15, 0.2) is 9.84 Å². The molecule has 1 aromatic carbocycles. The largest absolute Gasteiger partial charge is 0.508 e. The van der Waals surface area contributed by atoms with Crippen LogP contribution >= 0.6 is 0 Å². The number of sulfone groups is 1. The Labute approximate surface area is 152 Å². The Kier molecular flexibility index (Phi) is 4.60. The van der Waals surface area contributed by atoms with Crippen LogP contribution in [-0.2, 0) is 9.84 Å². The summed E-state index contributed by atoms with van der Waals surface area (Å²) in [4.78, 5) is 29.8. The van der Waals surface area contributed by atoms with Gasteiger partial charge in [-0.3, -0.25) is 4.79 Å². The molecule has 2 heterocycles. The van der Waals surface area contributed by atoms with Crippen LogP contribution in [0.2, 0.25) is 0 Å². The smallest absolute Gasteiger partial charge is 0.319 e. The van der Waals surface area contributed by atoms with E-state index in [9.17, 15) is 23.1 Å². The van der Waals surface area contributed by atoms with Crippen molar-refractivity contribution in [3.63, 3.8) is 0 Å². The van der Waals surface area contributed by atoms with Gasteiger partial charge in [0, 0.05) is 32.7 Å². The lowest BCUT2D eigenvalue weighted by atomic mass is 10.0. The van der Waals surface area contributed by atoms with E-state index in [1.54, 1.807) is 38.1 Å². The Balaban J connectivity index is 1.91. The van der Waals surface area contributed by atoms with Crippen LogP contribution in [-0.4, -0.2) is 90.9 Å². The fourth-order valence-electron chi connectivity index (χ4n) is 3.61. The van der Waals surface area contributed by atoms with E-state index >= 15 is 0 Å². The van der Waals surface area contributed by atoms with Gasteiger partial charge in [0.25, 0.3) is 5.91 Å². The molecule has 0 bridgehead atoms. The highest BCUT2D eigenvalue weighted by Gasteiger charge is 2.49. The predicted molar refractivity (Wildman–Crippen MR) is 95.9 cm³/mol. The van der Waals surface area contributed by atoms with Crippen molar-refractivity contribution >= 4 is 21.8 Å². The van der Waals surface area contributed by atoms with Gasteiger partial charge in [-0.05, 0) is 24.6 Å². The number of aromatic hydroxyl groups is 1. The van der Waals surface area contributed by atoms with Crippen LogP contribution in [0.3, 0.4) is 0 Å². The van der Waals surface area contributed by atoms with E-state index in [1.807, 2.05) is 0 Å².